The van der Waals surface area contributed by atoms with E-state index in [1.807, 2.05) is 6.07 Å². The van der Waals surface area contributed by atoms with Gasteiger partial charge < -0.3 is 9.52 Å². The second-order valence-electron chi connectivity index (χ2n) is 6.57. The number of carbonyl (C=O) groups is 1. The van der Waals surface area contributed by atoms with Crippen LogP contribution in [0.5, 0.6) is 0 Å². The molecule has 1 aromatic carbocycles. The highest BCUT2D eigenvalue weighted by atomic mass is 16.3. The van der Waals surface area contributed by atoms with Crippen molar-refractivity contribution in [3.8, 4) is 0 Å². The van der Waals surface area contributed by atoms with Gasteiger partial charge in [-0.05, 0) is 66.7 Å². The van der Waals surface area contributed by atoms with E-state index in [1.54, 1.807) is 6.07 Å². The van der Waals surface area contributed by atoms with E-state index in [2.05, 4.69) is 12.1 Å². The van der Waals surface area contributed by atoms with E-state index in [0.29, 0.717) is 23.3 Å². The van der Waals surface area contributed by atoms with Crippen molar-refractivity contribution in [2.45, 2.75) is 37.5 Å². The van der Waals surface area contributed by atoms with E-state index in [-0.39, 0.29) is 12.4 Å². The van der Waals surface area contributed by atoms with Gasteiger partial charge in [0.25, 0.3) is 0 Å². The van der Waals surface area contributed by atoms with Gasteiger partial charge in [-0.2, -0.15) is 0 Å². The maximum atomic E-state index is 12.5. The lowest BCUT2D eigenvalue weighted by molar-refractivity contribution is 0.103. The molecule has 0 spiro atoms. The van der Waals surface area contributed by atoms with Crippen LogP contribution in [-0.4, -0.2) is 17.5 Å². The van der Waals surface area contributed by atoms with Crippen LogP contribution in [0, 0.1) is 5.92 Å². The highest BCUT2D eigenvalue weighted by molar-refractivity contribution is 6.08. The predicted molar refractivity (Wildman–Crippen MR) is 83.1 cm³/mol. The van der Waals surface area contributed by atoms with Crippen molar-refractivity contribution in [2.75, 3.05) is 6.61 Å². The van der Waals surface area contributed by atoms with E-state index < -0.39 is 0 Å². The summed E-state index contributed by atoms with van der Waals surface area (Å²) in [7, 11) is 0. The predicted octanol–water partition coefficient (Wildman–Crippen LogP) is 3.87. The standard InChI is InChI=1S/C19H20O3/c20-7-5-13-9-12-1-3-17(13)18-10-14(2-4-16(12)18)19(21)15-6-8-22-11-15/h2,4,6,8,10-13,17,20H,1,3,5,7,9H2/t12-,13-,17+/m1/s1. The van der Waals surface area contributed by atoms with Crippen LogP contribution >= 0.6 is 0 Å². The van der Waals surface area contributed by atoms with Crippen LogP contribution in [0.3, 0.4) is 0 Å². The Labute approximate surface area is 130 Å². The van der Waals surface area contributed by atoms with Crippen LogP contribution in [0.2, 0.25) is 0 Å². The van der Waals surface area contributed by atoms with Crippen LogP contribution in [-0.2, 0) is 0 Å². The van der Waals surface area contributed by atoms with Crippen LogP contribution in [0.4, 0.5) is 0 Å². The Morgan fingerprint density at radius 1 is 1.18 bits per heavy atom. The number of aliphatic hydroxyl groups excluding tert-OH is 1. The molecule has 3 heteroatoms. The molecule has 3 aliphatic rings. The molecule has 2 bridgehead atoms. The Morgan fingerprint density at radius 3 is 2.86 bits per heavy atom. The summed E-state index contributed by atoms with van der Waals surface area (Å²) in [5, 5.41) is 9.30. The van der Waals surface area contributed by atoms with Gasteiger partial charge in [-0.25, -0.2) is 0 Å². The second-order valence-corrected chi connectivity index (χ2v) is 6.57. The van der Waals surface area contributed by atoms with Gasteiger partial charge in [-0.1, -0.05) is 12.1 Å². The monoisotopic (exact) mass is 296 g/mol. The zero-order valence-electron chi connectivity index (χ0n) is 12.5. The molecule has 5 rings (SSSR count). The van der Waals surface area contributed by atoms with Gasteiger partial charge in [0.15, 0.2) is 5.78 Å². The summed E-state index contributed by atoms with van der Waals surface area (Å²) in [5.74, 6) is 1.70. The third kappa shape index (κ3) is 2.12. The minimum Gasteiger partial charge on any atom is -0.472 e. The smallest absolute Gasteiger partial charge is 0.196 e. The molecule has 1 N–H and O–H groups in total. The lowest BCUT2D eigenvalue weighted by Gasteiger charge is -2.44. The van der Waals surface area contributed by atoms with Crippen LogP contribution < -0.4 is 0 Å². The second kappa shape index (κ2) is 5.40. The van der Waals surface area contributed by atoms with Crippen LogP contribution in [0.25, 0.3) is 0 Å². The summed E-state index contributed by atoms with van der Waals surface area (Å²) in [5.41, 5.74) is 4.12. The molecule has 3 nitrogen and oxygen atoms in total. The largest absolute Gasteiger partial charge is 0.472 e. The van der Waals surface area contributed by atoms with Crippen LogP contribution in [0.15, 0.2) is 41.2 Å². The molecule has 114 valence electrons. The number of fused-ring (bicyclic) bond motifs is 2. The van der Waals surface area contributed by atoms with Gasteiger partial charge in [0.1, 0.15) is 6.26 Å². The average molecular weight is 296 g/mol. The molecule has 22 heavy (non-hydrogen) atoms. The lowest BCUT2D eigenvalue weighted by Crippen LogP contribution is -2.30. The van der Waals surface area contributed by atoms with Gasteiger partial charge in [-0.3, -0.25) is 4.79 Å². The number of aliphatic hydroxyl groups is 1. The highest BCUT2D eigenvalue weighted by Gasteiger charge is 2.39. The van der Waals surface area contributed by atoms with Gasteiger partial charge >= 0.3 is 0 Å². The third-order valence-corrected chi connectivity index (χ3v) is 5.45. The molecule has 0 saturated heterocycles. The van der Waals surface area contributed by atoms with E-state index in [0.717, 1.165) is 12.0 Å². The zero-order valence-corrected chi connectivity index (χ0v) is 12.5. The van der Waals surface area contributed by atoms with Gasteiger partial charge in [0.05, 0.1) is 11.8 Å². The number of hydrogen-bond acceptors (Lipinski definition) is 3. The number of carbonyl (C=O) groups excluding carboxylic acids is 1. The fourth-order valence-corrected chi connectivity index (χ4v) is 4.41. The van der Waals surface area contributed by atoms with E-state index >= 15 is 0 Å². The first-order valence-corrected chi connectivity index (χ1v) is 8.09. The Hall–Kier alpha value is -1.87. The van der Waals surface area contributed by atoms with Crippen molar-refractivity contribution in [2.24, 2.45) is 5.92 Å². The van der Waals surface area contributed by atoms with E-state index in [1.165, 1.54) is 42.9 Å². The molecular weight excluding hydrogens is 276 g/mol. The molecule has 0 unspecified atom stereocenters. The maximum absolute atomic E-state index is 12.5. The zero-order chi connectivity index (χ0) is 15.1. The molecule has 2 aromatic rings. The molecule has 3 atom stereocenters. The van der Waals surface area contributed by atoms with Gasteiger partial charge in [0.2, 0.25) is 0 Å². The summed E-state index contributed by atoms with van der Waals surface area (Å²) >= 11 is 0. The van der Waals surface area contributed by atoms with Crippen LogP contribution in [0.1, 0.15) is 64.6 Å². The first kappa shape index (κ1) is 13.8. The number of furan rings is 1. The quantitative estimate of drug-likeness (QED) is 0.871. The van der Waals surface area contributed by atoms with Gasteiger partial charge in [-0.15, -0.1) is 0 Å². The van der Waals surface area contributed by atoms with E-state index in [4.69, 9.17) is 4.42 Å². The Balaban J connectivity index is 1.71. The van der Waals surface area contributed by atoms with Gasteiger partial charge in [0, 0.05) is 12.2 Å². The van der Waals surface area contributed by atoms with Crippen molar-refractivity contribution in [3.05, 3.63) is 59.0 Å². The summed E-state index contributed by atoms with van der Waals surface area (Å²) in [4.78, 5) is 12.5. The van der Waals surface area contributed by atoms with Crippen molar-refractivity contribution >= 4 is 5.78 Å². The minimum absolute atomic E-state index is 0.0247. The molecule has 0 aliphatic heterocycles. The van der Waals surface area contributed by atoms with Crippen molar-refractivity contribution in [1.82, 2.24) is 0 Å². The molecule has 1 heterocycles. The molecular formula is C19H20O3. The van der Waals surface area contributed by atoms with E-state index in [9.17, 15) is 9.90 Å². The Bertz CT molecular complexity index is 687. The first-order chi connectivity index (χ1) is 10.8. The summed E-state index contributed by atoms with van der Waals surface area (Å²) in [6, 6.07) is 7.90. The summed E-state index contributed by atoms with van der Waals surface area (Å²) in [6.07, 6.45) is 7.53. The summed E-state index contributed by atoms with van der Waals surface area (Å²) in [6.45, 7) is 0.261. The molecule has 1 aromatic heterocycles. The number of rotatable bonds is 4. The molecule has 3 aliphatic carbocycles. The average Bonchev–Trinajstić information content (AvgIpc) is 3.09. The molecule has 0 radical (unpaired) electrons. The fraction of sp³-hybridized carbons (Fsp3) is 0.421. The Morgan fingerprint density at radius 2 is 2.09 bits per heavy atom. The highest BCUT2D eigenvalue weighted by Crippen LogP contribution is 2.53. The first-order valence-electron chi connectivity index (χ1n) is 8.09. The van der Waals surface area contributed by atoms with Crippen molar-refractivity contribution < 1.29 is 14.3 Å². The fourth-order valence-electron chi connectivity index (χ4n) is 4.41. The number of hydrogen-bond donors (Lipinski definition) is 1. The molecule has 1 saturated carbocycles. The van der Waals surface area contributed by atoms with Crippen molar-refractivity contribution in [3.63, 3.8) is 0 Å². The Kier molecular flexibility index (Phi) is 3.38. The number of ketones is 1. The maximum Gasteiger partial charge on any atom is 0.196 e. The SMILES string of the molecule is O=C(c1ccoc1)c1ccc2c(c1)[C@H]1CC[C@@H]2C[C@H]1CCO. The molecule has 0 amide bonds. The van der Waals surface area contributed by atoms with Crippen molar-refractivity contribution in [1.29, 1.82) is 0 Å². The minimum atomic E-state index is 0.0247. The third-order valence-electron chi connectivity index (χ3n) is 5.45. The number of benzene rings is 1. The topological polar surface area (TPSA) is 50.4 Å². The molecule has 1 fully saturated rings. The summed E-state index contributed by atoms with van der Waals surface area (Å²) < 4.78 is 5.02. The normalized spacial score (nSPS) is 26.0. The lowest BCUT2D eigenvalue weighted by atomic mass is 9.61.